The van der Waals surface area contributed by atoms with Crippen LogP contribution in [0.3, 0.4) is 0 Å². The van der Waals surface area contributed by atoms with Crippen LogP contribution in [0.2, 0.25) is 0 Å². The molecule has 3 heterocycles. The molecule has 0 saturated heterocycles. The second-order valence-electron chi connectivity index (χ2n) is 6.42. The first-order valence-corrected chi connectivity index (χ1v) is 10.2. The largest absolute Gasteiger partial charge is 0.355 e. The zero-order valence-corrected chi connectivity index (χ0v) is 16.3. The average molecular weight is 395 g/mol. The Morgan fingerprint density at radius 1 is 1.18 bits per heavy atom. The third kappa shape index (κ3) is 4.25. The van der Waals surface area contributed by atoms with Gasteiger partial charge in [-0.1, -0.05) is 12.1 Å². The lowest BCUT2D eigenvalue weighted by Crippen LogP contribution is -2.18. The summed E-state index contributed by atoms with van der Waals surface area (Å²) in [5.41, 5.74) is 4.45. The van der Waals surface area contributed by atoms with Crippen LogP contribution in [-0.2, 0) is 12.2 Å². The molecule has 0 unspecified atom stereocenters. The highest BCUT2D eigenvalue weighted by atomic mass is 32.2. The van der Waals surface area contributed by atoms with Gasteiger partial charge in [0.25, 0.3) is 5.56 Å². The molecule has 0 atom stereocenters. The number of H-pyrrole nitrogens is 3. The lowest BCUT2D eigenvalue weighted by Gasteiger charge is -2.06. The van der Waals surface area contributed by atoms with E-state index >= 15 is 0 Å². The number of para-hydroxylation sites is 2. The Hall–Kier alpha value is -3.07. The van der Waals surface area contributed by atoms with Crippen molar-refractivity contribution in [2.24, 2.45) is 0 Å². The van der Waals surface area contributed by atoms with Crippen LogP contribution in [0.1, 0.15) is 22.8 Å². The van der Waals surface area contributed by atoms with E-state index in [9.17, 15) is 4.79 Å². The van der Waals surface area contributed by atoms with Crippen molar-refractivity contribution in [1.29, 1.82) is 0 Å². The molecule has 9 heteroatoms. The molecule has 0 amide bonds. The van der Waals surface area contributed by atoms with Gasteiger partial charge in [-0.25, -0.2) is 15.0 Å². The quantitative estimate of drug-likeness (QED) is 0.341. The molecule has 0 aliphatic carbocycles. The summed E-state index contributed by atoms with van der Waals surface area (Å²) in [6.07, 6.45) is 3.73. The average Bonchev–Trinajstić information content (AvgIpc) is 3.29. The minimum atomic E-state index is -0.155. The second-order valence-corrected chi connectivity index (χ2v) is 7.52. The molecule has 0 bridgehead atoms. The Kier molecular flexibility index (Phi) is 5.43. The molecule has 4 rings (SSSR count). The predicted octanol–water partition coefficient (Wildman–Crippen LogP) is 2.61. The van der Waals surface area contributed by atoms with E-state index in [4.69, 9.17) is 0 Å². The Morgan fingerprint density at radius 3 is 2.86 bits per heavy atom. The number of fused-ring (bicyclic) bond motifs is 1. The number of nitrogens with one attached hydrogen (secondary N) is 4. The molecule has 3 aromatic heterocycles. The lowest BCUT2D eigenvalue weighted by atomic mass is 10.2. The van der Waals surface area contributed by atoms with Crippen molar-refractivity contribution in [1.82, 2.24) is 29.9 Å². The lowest BCUT2D eigenvalue weighted by molar-refractivity contribution is 0.966. The normalized spacial score (nSPS) is 11.2. The van der Waals surface area contributed by atoms with Gasteiger partial charge >= 0.3 is 0 Å². The van der Waals surface area contributed by atoms with Crippen LogP contribution < -0.4 is 10.9 Å². The first-order valence-electron chi connectivity index (χ1n) is 9.01. The molecule has 0 saturated carbocycles. The first kappa shape index (κ1) is 18.3. The maximum atomic E-state index is 12.3. The van der Waals surface area contributed by atoms with Gasteiger partial charge in [0.15, 0.2) is 0 Å². The van der Waals surface area contributed by atoms with E-state index in [-0.39, 0.29) is 5.56 Å². The second kappa shape index (κ2) is 8.30. The summed E-state index contributed by atoms with van der Waals surface area (Å²) in [5, 5.41) is 3.15. The summed E-state index contributed by atoms with van der Waals surface area (Å²) in [6, 6.07) is 7.80. The van der Waals surface area contributed by atoms with Crippen LogP contribution in [0.5, 0.6) is 0 Å². The van der Waals surface area contributed by atoms with Crippen molar-refractivity contribution in [2.75, 3.05) is 17.6 Å². The van der Waals surface area contributed by atoms with Crippen LogP contribution in [0, 0.1) is 6.92 Å². The number of benzene rings is 1. The number of nitrogens with zero attached hydrogens (tertiary/aromatic N) is 3. The number of aryl methyl sites for hydroxylation is 1. The number of hydrogen-bond acceptors (Lipinski definition) is 6. The molecule has 1 aromatic carbocycles. The maximum absolute atomic E-state index is 12.3. The van der Waals surface area contributed by atoms with E-state index in [1.807, 2.05) is 31.2 Å². The topological polar surface area (TPSA) is 115 Å². The fourth-order valence-corrected chi connectivity index (χ4v) is 3.72. The Labute approximate surface area is 165 Å². The predicted molar refractivity (Wildman–Crippen MR) is 112 cm³/mol. The summed E-state index contributed by atoms with van der Waals surface area (Å²) in [4.78, 5) is 34.6. The summed E-state index contributed by atoms with van der Waals surface area (Å²) in [7, 11) is 0. The van der Waals surface area contributed by atoms with Gasteiger partial charge in [-0.15, -0.1) is 0 Å². The third-order valence-corrected chi connectivity index (χ3v) is 5.35. The van der Waals surface area contributed by atoms with E-state index in [1.54, 1.807) is 24.3 Å². The van der Waals surface area contributed by atoms with Crippen molar-refractivity contribution in [3.05, 3.63) is 69.9 Å². The van der Waals surface area contributed by atoms with Crippen LogP contribution in [0.4, 0.5) is 5.95 Å². The van der Waals surface area contributed by atoms with E-state index in [2.05, 4.69) is 35.2 Å². The number of aromatic nitrogens is 6. The smallest absolute Gasteiger partial charge is 0.255 e. The molecular formula is C19H21N7OS. The summed E-state index contributed by atoms with van der Waals surface area (Å²) in [6.45, 7) is 2.72. The van der Waals surface area contributed by atoms with Crippen molar-refractivity contribution >= 4 is 28.7 Å². The summed E-state index contributed by atoms with van der Waals surface area (Å²) < 4.78 is 0. The highest BCUT2D eigenvalue weighted by Crippen LogP contribution is 2.13. The maximum Gasteiger partial charge on any atom is 0.255 e. The number of imidazole rings is 2. The van der Waals surface area contributed by atoms with Gasteiger partial charge < -0.3 is 15.3 Å². The van der Waals surface area contributed by atoms with Crippen LogP contribution in [0.25, 0.3) is 11.0 Å². The minimum absolute atomic E-state index is 0.155. The molecule has 4 N–H and O–H groups in total. The standard InChI is InChI=1S/C19H21N7OS/c1-12-16(23-11-22-12)10-28-7-6-20-19-21-9-13(18(27)26-19)8-17-24-14-4-2-3-5-15(14)25-17/h2-5,9,11H,6-8,10H2,1H3,(H,22,23)(H,24,25)(H2,20,21,26,27). The van der Waals surface area contributed by atoms with Gasteiger partial charge in [-0.2, -0.15) is 11.8 Å². The highest BCUT2D eigenvalue weighted by Gasteiger charge is 2.08. The fourth-order valence-electron chi connectivity index (χ4n) is 2.85. The van der Waals surface area contributed by atoms with Crippen molar-refractivity contribution in [3.8, 4) is 0 Å². The van der Waals surface area contributed by atoms with E-state index < -0.39 is 0 Å². The Bertz CT molecular complexity index is 1100. The van der Waals surface area contributed by atoms with Crippen LogP contribution in [0.15, 0.2) is 41.6 Å². The van der Waals surface area contributed by atoms with E-state index in [1.165, 1.54) is 0 Å². The fraction of sp³-hybridized carbons (Fsp3) is 0.263. The molecule has 28 heavy (non-hydrogen) atoms. The molecule has 0 fully saturated rings. The van der Waals surface area contributed by atoms with E-state index in [0.29, 0.717) is 24.5 Å². The van der Waals surface area contributed by atoms with Crippen molar-refractivity contribution in [2.45, 2.75) is 19.1 Å². The van der Waals surface area contributed by atoms with Crippen LogP contribution >= 0.6 is 11.8 Å². The van der Waals surface area contributed by atoms with Gasteiger partial charge in [-0.3, -0.25) is 9.78 Å². The molecule has 0 aliphatic heterocycles. The summed E-state index contributed by atoms with van der Waals surface area (Å²) >= 11 is 1.78. The highest BCUT2D eigenvalue weighted by molar-refractivity contribution is 7.98. The molecule has 0 radical (unpaired) electrons. The van der Waals surface area contributed by atoms with Gasteiger partial charge in [-0.05, 0) is 19.1 Å². The number of thioether (sulfide) groups is 1. The van der Waals surface area contributed by atoms with Gasteiger partial charge in [0, 0.05) is 41.9 Å². The molecule has 4 aromatic rings. The Balaban J connectivity index is 1.30. The molecule has 0 aliphatic rings. The first-order chi connectivity index (χ1) is 13.7. The van der Waals surface area contributed by atoms with Gasteiger partial charge in [0.2, 0.25) is 5.95 Å². The number of rotatable bonds is 8. The number of anilines is 1. The zero-order valence-electron chi connectivity index (χ0n) is 15.5. The SMILES string of the molecule is Cc1[nH]cnc1CSCCNc1ncc(Cc2nc3ccccc3[nH]2)c(=O)[nH]1. The molecular weight excluding hydrogens is 374 g/mol. The molecule has 8 nitrogen and oxygen atoms in total. The Morgan fingerprint density at radius 2 is 2.07 bits per heavy atom. The zero-order chi connectivity index (χ0) is 19.3. The molecule has 144 valence electrons. The van der Waals surface area contributed by atoms with E-state index in [0.717, 1.165) is 39.8 Å². The van der Waals surface area contributed by atoms with Crippen molar-refractivity contribution < 1.29 is 0 Å². The number of aromatic amines is 3. The molecule has 0 spiro atoms. The van der Waals surface area contributed by atoms with Crippen LogP contribution in [-0.4, -0.2) is 42.2 Å². The van der Waals surface area contributed by atoms with Gasteiger partial charge in [0.05, 0.1) is 23.1 Å². The van der Waals surface area contributed by atoms with Crippen molar-refractivity contribution in [3.63, 3.8) is 0 Å². The number of hydrogen-bond donors (Lipinski definition) is 4. The third-order valence-electron chi connectivity index (χ3n) is 4.38. The summed E-state index contributed by atoms with van der Waals surface area (Å²) in [5.74, 6) is 2.97. The monoisotopic (exact) mass is 395 g/mol. The van der Waals surface area contributed by atoms with Gasteiger partial charge in [0.1, 0.15) is 5.82 Å². The minimum Gasteiger partial charge on any atom is -0.355 e.